The molecular formula is C18H18N4O3S. The van der Waals surface area contributed by atoms with Gasteiger partial charge in [0.2, 0.25) is 21.7 Å². The van der Waals surface area contributed by atoms with Gasteiger partial charge in [0, 0.05) is 23.4 Å². The molecule has 2 atom stereocenters. The van der Waals surface area contributed by atoms with Crippen molar-refractivity contribution in [3.8, 4) is 11.4 Å². The molecule has 1 fully saturated rings. The van der Waals surface area contributed by atoms with Crippen LogP contribution in [0.25, 0.3) is 11.4 Å². The molecule has 1 saturated carbocycles. The topological polar surface area (TPSA) is 112 Å². The van der Waals surface area contributed by atoms with Crippen LogP contribution in [-0.4, -0.2) is 23.5 Å². The highest BCUT2D eigenvalue weighted by Crippen LogP contribution is 2.69. The maximum absolute atomic E-state index is 11.4. The van der Waals surface area contributed by atoms with E-state index in [0.717, 1.165) is 11.3 Å². The molecule has 0 aliphatic heterocycles. The molecule has 7 nitrogen and oxygen atoms in total. The van der Waals surface area contributed by atoms with Gasteiger partial charge in [-0.25, -0.2) is 13.6 Å². The zero-order valence-corrected chi connectivity index (χ0v) is 15.1. The van der Waals surface area contributed by atoms with Gasteiger partial charge in [0.1, 0.15) is 4.90 Å². The molecule has 0 bridgehead atoms. The lowest BCUT2D eigenvalue weighted by molar-refractivity contribution is 0.368. The van der Waals surface area contributed by atoms with Crippen LogP contribution in [0.3, 0.4) is 0 Å². The van der Waals surface area contributed by atoms with E-state index in [1.807, 2.05) is 30.3 Å². The Morgan fingerprint density at radius 2 is 1.81 bits per heavy atom. The van der Waals surface area contributed by atoms with Gasteiger partial charge in [0.15, 0.2) is 0 Å². The van der Waals surface area contributed by atoms with Crippen LogP contribution >= 0.6 is 0 Å². The molecule has 0 amide bonds. The summed E-state index contributed by atoms with van der Waals surface area (Å²) in [5, 5.41) is 9.21. The number of benzene rings is 1. The zero-order valence-electron chi connectivity index (χ0n) is 14.3. The van der Waals surface area contributed by atoms with Gasteiger partial charge in [-0.2, -0.15) is 4.98 Å². The first-order valence-electron chi connectivity index (χ1n) is 8.16. The molecule has 2 aromatic heterocycles. The summed E-state index contributed by atoms with van der Waals surface area (Å²) in [5.74, 6) is 1.22. The summed E-state index contributed by atoms with van der Waals surface area (Å²) in [7, 11) is -3.75. The minimum Gasteiger partial charge on any atom is -0.339 e. The molecule has 3 aromatic rings. The third-order valence-corrected chi connectivity index (χ3v) is 5.87. The molecule has 8 heteroatoms. The first-order chi connectivity index (χ1) is 12.3. The van der Waals surface area contributed by atoms with Gasteiger partial charge in [-0.1, -0.05) is 49.3 Å². The lowest BCUT2D eigenvalue weighted by Crippen LogP contribution is -2.12. The maximum Gasteiger partial charge on any atom is 0.239 e. The van der Waals surface area contributed by atoms with Crippen molar-refractivity contribution in [3.05, 3.63) is 60.2 Å². The third kappa shape index (κ3) is 2.81. The van der Waals surface area contributed by atoms with Crippen molar-refractivity contribution in [1.82, 2.24) is 15.1 Å². The van der Waals surface area contributed by atoms with Crippen LogP contribution in [0.1, 0.15) is 37.3 Å². The smallest absolute Gasteiger partial charge is 0.239 e. The van der Waals surface area contributed by atoms with Crippen LogP contribution in [0.5, 0.6) is 0 Å². The Kier molecular flexibility index (Phi) is 3.71. The summed E-state index contributed by atoms with van der Waals surface area (Å²) in [6.07, 6.45) is 1.29. The Labute approximate surface area is 151 Å². The summed E-state index contributed by atoms with van der Waals surface area (Å²) in [6.45, 7) is 4.20. The lowest BCUT2D eigenvalue weighted by Gasteiger charge is -2.03. The highest BCUT2D eigenvalue weighted by Gasteiger charge is 2.62. The van der Waals surface area contributed by atoms with Crippen molar-refractivity contribution in [2.24, 2.45) is 10.6 Å². The largest absolute Gasteiger partial charge is 0.339 e. The van der Waals surface area contributed by atoms with Crippen LogP contribution in [0.4, 0.5) is 0 Å². The van der Waals surface area contributed by atoms with Crippen molar-refractivity contribution in [2.75, 3.05) is 0 Å². The van der Waals surface area contributed by atoms with Gasteiger partial charge in [0.25, 0.3) is 0 Å². The highest BCUT2D eigenvalue weighted by atomic mass is 32.2. The van der Waals surface area contributed by atoms with Gasteiger partial charge in [-0.3, -0.25) is 4.98 Å². The molecule has 0 unspecified atom stereocenters. The number of nitrogens with two attached hydrogens (primary N) is 1. The van der Waals surface area contributed by atoms with Gasteiger partial charge < -0.3 is 4.52 Å². The average molecular weight is 370 g/mol. The highest BCUT2D eigenvalue weighted by molar-refractivity contribution is 7.89. The fraction of sp³-hybridized carbons (Fsp3) is 0.278. The number of aromatic nitrogens is 3. The van der Waals surface area contributed by atoms with Gasteiger partial charge in [-0.15, -0.1) is 0 Å². The molecule has 1 aliphatic rings. The molecular weight excluding hydrogens is 352 g/mol. The summed E-state index contributed by atoms with van der Waals surface area (Å²) < 4.78 is 28.3. The molecule has 26 heavy (non-hydrogen) atoms. The number of nitrogens with zero attached hydrogens (tertiary/aromatic N) is 3. The van der Waals surface area contributed by atoms with Crippen molar-refractivity contribution in [3.63, 3.8) is 0 Å². The third-order valence-electron chi connectivity index (χ3n) is 4.97. The molecule has 2 heterocycles. The first kappa shape index (κ1) is 16.9. The Bertz CT molecular complexity index is 1040. The van der Waals surface area contributed by atoms with E-state index in [4.69, 9.17) is 9.66 Å². The van der Waals surface area contributed by atoms with E-state index in [0.29, 0.717) is 11.7 Å². The van der Waals surface area contributed by atoms with Gasteiger partial charge in [0.05, 0.1) is 5.92 Å². The second-order valence-corrected chi connectivity index (χ2v) is 8.62. The van der Waals surface area contributed by atoms with E-state index in [1.54, 1.807) is 6.07 Å². The van der Waals surface area contributed by atoms with Crippen LogP contribution in [0.15, 0.2) is 58.1 Å². The molecule has 0 spiro atoms. The van der Waals surface area contributed by atoms with Crippen molar-refractivity contribution in [2.45, 2.75) is 30.6 Å². The fourth-order valence-corrected chi connectivity index (χ4v) is 3.92. The molecule has 1 aromatic carbocycles. The van der Waals surface area contributed by atoms with E-state index in [1.165, 1.54) is 12.3 Å². The lowest BCUT2D eigenvalue weighted by atomic mass is 10.1. The Balaban J connectivity index is 1.62. The molecule has 4 rings (SSSR count). The molecule has 0 saturated heterocycles. The zero-order chi connectivity index (χ0) is 18.5. The average Bonchev–Trinajstić information content (AvgIpc) is 2.95. The number of rotatable bonds is 4. The number of sulfonamides is 1. The Morgan fingerprint density at radius 1 is 1.08 bits per heavy atom. The van der Waals surface area contributed by atoms with E-state index in [-0.39, 0.29) is 22.1 Å². The molecule has 1 aliphatic carbocycles. The van der Waals surface area contributed by atoms with E-state index in [9.17, 15) is 8.42 Å². The van der Waals surface area contributed by atoms with Crippen molar-refractivity contribution in [1.29, 1.82) is 0 Å². The van der Waals surface area contributed by atoms with Crippen molar-refractivity contribution < 1.29 is 12.9 Å². The predicted molar refractivity (Wildman–Crippen MR) is 94.6 cm³/mol. The first-order valence-corrected chi connectivity index (χ1v) is 9.71. The maximum atomic E-state index is 11.4. The minimum atomic E-state index is -3.75. The number of hydrogen-bond donors (Lipinski definition) is 1. The normalized spacial score (nSPS) is 21.5. The van der Waals surface area contributed by atoms with E-state index >= 15 is 0 Å². The van der Waals surface area contributed by atoms with E-state index in [2.05, 4.69) is 29.0 Å². The Morgan fingerprint density at radius 3 is 2.42 bits per heavy atom. The van der Waals surface area contributed by atoms with Crippen molar-refractivity contribution >= 4 is 10.0 Å². The number of hydrogen-bond acceptors (Lipinski definition) is 6. The summed E-state index contributed by atoms with van der Waals surface area (Å²) in [4.78, 5) is 8.84. The number of pyridine rings is 1. The SMILES string of the molecule is CC1(C)[C@@H](c2ccc(S(N)(=O)=O)cn2)[C@@H]1c1nc(-c2ccccc2)no1. The van der Waals surface area contributed by atoms with Crippen LogP contribution in [0, 0.1) is 5.41 Å². The number of primary sulfonamides is 1. The van der Waals surface area contributed by atoms with Crippen LogP contribution in [0.2, 0.25) is 0 Å². The van der Waals surface area contributed by atoms with Gasteiger partial charge in [-0.05, 0) is 17.5 Å². The Hall–Kier alpha value is -2.58. The summed E-state index contributed by atoms with van der Waals surface area (Å²) in [5.41, 5.74) is 1.57. The van der Waals surface area contributed by atoms with Crippen LogP contribution < -0.4 is 5.14 Å². The minimum absolute atomic E-state index is 0.000380. The molecule has 0 radical (unpaired) electrons. The molecule has 2 N–H and O–H groups in total. The predicted octanol–water partition coefficient (Wildman–Crippen LogP) is 2.69. The summed E-state index contributed by atoms with van der Waals surface area (Å²) >= 11 is 0. The fourth-order valence-electron chi connectivity index (χ4n) is 3.46. The van der Waals surface area contributed by atoms with E-state index < -0.39 is 10.0 Å². The van der Waals surface area contributed by atoms with Crippen LogP contribution in [-0.2, 0) is 10.0 Å². The standard InChI is InChI=1S/C18H18N4O3S/c1-18(2)14(13-9-8-12(10-20-13)26(19,23)24)15(18)17-21-16(22-25-17)11-6-4-3-5-7-11/h3-10,14-15H,1-2H3,(H2,19,23,24)/t14-,15+/m0/s1. The quantitative estimate of drug-likeness (QED) is 0.755. The second-order valence-electron chi connectivity index (χ2n) is 7.06. The summed E-state index contributed by atoms with van der Waals surface area (Å²) in [6, 6.07) is 12.8. The van der Waals surface area contributed by atoms with Gasteiger partial charge >= 0.3 is 0 Å². The second kappa shape index (κ2) is 5.72. The molecule has 134 valence electrons. The monoisotopic (exact) mass is 370 g/mol.